The molecule has 0 spiro atoms. The second kappa shape index (κ2) is 7.05. The number of halogens is 3. The zero-order valence-corrected chi connectivity index (χ0v) is 11.8. The molecule has 0 aliphatic rings. The third-order valence-corrected chi connectivity index (χ3v) is 3.18. The van der Waals surface area contributed by atoms with Gasteiger partial charge in [0.05, 0.1) is 18.7 Å². The molecule has 0 bridgehead atoms. The van der Waals surface area contributed by atoms with E-state index in [0.29, 0.717) is 5.56 Å². The van der Waals surface area contributed by atoms with Gasteiger partial charge in [-0.1, -0.05) is 12.1 Å². The number of carbonyl (C=O) groups is 1. The highest BCUT2D eigenvalue weighted by Gasteiger charge is 2.35. The molecule has 124 valence electrons. The molecule has 22 heavy (non-hydrogen) atoms. The lowest BCUT2D eigenvalue weighted by atomic mass is 10.0. The van der Waals surface area contributed by atoms with Crippen molar-refractivity contribution in [3.05, 3.63) is 40.6 Å². The van der Waals surface area contributed by atoms with Crippen LogP contribution in [0, 0.1) is 5.21 Å². The van der Waals surface area contributed by atoms with Crippen molar-refractivity contribution >= 4 is 6.09 Å². The van der Waals surface area contributed by atoms with Crippen LogP contribution in [0.15, 0.2) is 24.3 Å². The molecule has 0 heterocycles. The van der Waals surface area contributed by atoms with E-state index in [2.05, 4.69) is 5.43 Å². The van der Waals surface area contributed by atoms with Gasteiger partial charge < -0.3 is 15.4 Å². The summed E-state index contributed by atoms with van der Waals surface area (Å²) in [6.45, 7) is 0.735. The van der Waals surface area contributed by atoms with Crippen molar-refractivity contribution in [3.63, 3.8) is 0 Å². The van der Waals surface area contributed by atoms with E-state index in [1.54, 1.807) is 0 Å². The summed E-state index contributed by atoms with van der Waals surface area (Å²) in [6, 6.07) is 3.17. The number of benzene rings is 1. The minimum absolute atomic E-state index is 0.0354. The molecule has 0 saturated heterocycles. The van der Waals surface area contributed by atoms with Gasteiger partial charge in [-0.05, 0) is 24.6 Å². The number of hydrogen-bond donors (Lipinski definition) is 3. The average molecular weight is 322 g/mol. The van der Waals surface area contributed by atoms with Crippen molar-refractivity contribution in [2.24, 2.45) is 0 Å². The van der Waals surface area contributed by atoms with E-state index in [1.807, 2.05) is 0 Å². The Morgan fingerprint density at radius 2 is 1.91 bits per heavy atom. The van der Waals surface area contributed by atoms with Gasteiger partial charge in [0.1, 0.15) is 6.04 Å². The van der Waals surface area contributed by atoms with Crippen LogP contribution in [0.25, 0.3) is 0 Å². The van der Waals surface area contributed by atoms with E-state index in [9.17, 15) is 23.2 Å². The van der Waals surface area contributed by atoms with Crippen LogP contribution in [0.2, 0.25) is 0 Å². The quantitative estimate of drug-likeness (QED) is 0.551. The number of aliphatic hydroxyl groups is 1. The molecule has 3 N–H and O–H groups in total. The van der Waals surface area contributed by atoms with Crippen LogP contribution in [0.5, 0.6) is 0 Å². The zero-order chi connectivity index (χ0) is 17.0. The van der Waals surface area contributed by atoms with Gasteiger partial charge in [0.15, 0.2) is 0 Å². The summed E-state index contributed by atoms with van der Waals surface area (Å²) in [4.78, 5) is 11.1. The smallest absolute Gasteiger partial charge is 0.534 e. The number of nitrogens with one attached hydrogen (secondary N) is 1. The van der Waals surface area contributed by atoms with Crippen LogP contribution >= 0.6 is 0 Å². The lowest BCUT2D eigenvalue weighted by molar-refractivity contribution is -0.876. The van der Waals surface area contributed by atoms with Gasteiger partial charge in [0, 0.05) is 6.42 Å². The van der Waals surface area contributed by atoms with Gasteiger partial charge in [0.25, 0.3) is 0 Å². The van der Waals surface area contributed by atoms with Gasteiger partial charge in [-0.3, -0.25) is 0 Å². The zero-order valence-electron chi connectivity index (χ0n) is 11.8. The van der Waals surface area contributed by atoms with E-state index in [0.717, 1.165) is 12.1 Å². The van der Waals surface area contributed by atoms with Crippen LogP contribution in [-0.2, 0) is 12.6 Å². The Kier molecular flexibility index (Phi) is 5.89. The highest BCUT2D eigenvalue weighted by atomic mass is 19.4. The number of amides is 1. The molecular weight excluding hydrogens is 305 g/mol. The molecule has 1 aromatic carbocycles. The second-order valence-corrected chi connectivity index (χ2v) is 4.82. The maximum Gasteiger partial charge on any atom is 0.534 e. The molecule has 2 atom stereocenters. The number of aliphatic hydroxyl groups excluding tert-OH is 1. The number of nitrogens with zero attached hydrogens (tertiary/aromatic N) is 1. The summed E-state index contributed by atoms with van der Waals surface area (Å²) in [6.07, 6.45) is -6.17. The molecule has 0 aliphatic carbocycles. The molecule has 0 radical (unpaired) electrons. The minimum Gasteiger partial charge on any atom is -0.601 e. The summed E-state index contributed by atoms with van der Waals surface area (Å²) in [5.74, 6) is 0. The Morgan fingerprint density at radius 1 is 1.36 bits per heavy atom. The number of rotatable bonds is 6. The van der Waals surface area contributed by atoms with Gasteiger partial charge in [0.2, 0.25) is 0 Å². The van der Waals surface area contributed by atoms with Crippen LogP contribution in [0.3, 0.4) is 0 Å². The summed E-state index contributed by atoms with van der Waals surface area (Å²) in [5.41, 5.74) is 1.75. The Hall–Kier alpha value is -1.68. The molecule has 0 saturated carbocycles. The normalized spacial score (nSPS) is 16.1. The molecule has 0 aliphatic heterocycles. The van der Waals surface area contributed by atoms with Gasteiger partial charge in [-0.25, -0.2) is 0 Å². The Labute approximate surface area is 124 Å². The van der Waals surface area contributed by atoms with E-state index < -0.39 is 35.2 Å². The molecule has 1 rings (SSSR count). The minimum atomic E-state index is -4.45. The fraction of sp³-hybridized carbons (Fsp3) is 0.462. The number of quaternary nitrogens is 1. The van der Waals surface area contributed by atoms with Crippen LogP contribution in [0.4, 0.5) is 18.0 Å². The van der Waals surface area contributed by atoms with E-state index in [-0.39, 0.29) is 13.0 Å². The molecule has 1 amide bonds. The maximum atomic E-state index is 12.5. The lowest BCUT2D eigenvalue weighted by Crippen LogP contribution is -2.63. The Morgan fingerprint density at radius 3 is 2.32 bits per heavy atom. The first-order chi connectivity index (χ1) is 10.1. The molecule has 0 aromatic heterocycles. The second-order valence-electron chi connectivity index (χ2n) is 4.82. The highest BCUT2D eigenvalue weighted by molar-refractivity contribution is 5.56. The molecule has 6 nitrogen and oxygen atoms in total. The van der Waals surface area contributed by atoms with Crippen molar-refractivity contribution in [2.45, 2.75) is 25.6 Å². The number of hydrogen-bond acceptors (Lipinski definition) is 4. The van der Waals surface area contributed by atoms with E-state index in [1.165, 1.54) is 19.1 Å². The molecule has 1 aromatic rings. The summed E-state index contributed by atoms with van der Waals surface area (Å²) in [5, 5.41) is 29.9. The molecule has 9 heteroatoms. The average Bonchev–Trinajstić information content (AvgIpc) is 2.44. The van der Waals surface area contributed by atoms with E-state index >= 15 is 0 Å². The third kappa shape index (κ3) is 4.41. The number of carboxylic acid groups (broad SMARTS) is 1. The largest absolute Gasteiger partial charge is 0.601 e. The van der Waals surface area contributed by atoms with E-state index in [4.69, 9.17) is 10.2 Å². The first-order valence-electron chi connectivity index (χ1n) is 6.46. The monoisotopic (exact) mass is 322 g/mol. The van der Waals surface area contributed by atoms with Crippen molar-refractivity contribution in [1.29, 1.82) is 0 Å². The topological polar surface area (TPSA) is 92.6 Å². The van der Waals surface area contributed by atoms with Gasteiger partial charge in [-0.2, -0.15) is 28.1 Å². The predicted octanol–water partition coefficient (Wildman–Crippen LogP) is 2.13. The highest BCUT2D eigenvalue weighted by Crippen LogP contribution is 2.29. The van der Waals surface area contributed by atoms with Crippen molar-refractivity contribution in [1.82, 2.24) is 5.43 Å². The first kappa shape index (κ1) is 18.4. The van der Waals surface area contributed by atoms with Crippen molar-refractivity contribution in [3.8, 4) is 0 Å². The fourth-order valence-electron chi connectivity index (χ4n) is 1.93. The first-order valence-corrected chi connectivity index (χ1v) is 6.46. The third-order valence-electron chi connectivity index (χ3n) is 3.18. The van der Waals surface area contributed by atoms with Gasteiger partial charge >= 0.3 is 12.3 Å². The Balaban J connectivity index is 2.85. The van der Waals surface area contributed by atoms with Crippen molar-refractivity contribution < 1.29 is 32.9 Å². The van der Waals surface area contributed by atoms with Crippen LogP contribution in [0.1, 0.15) is 18.1 Å². The maximum absolute atomic E-state index is 12.5. The number of alkyl halides is 3. The summed E-state index contributed by atoms with van der Waals surface area (Å²) >= 11 is 0. The fourth-order valence-corrected chi connectivity index (χ4v) is 1.93. The number of hydroxylamine groups is 2. The van der Waals surface area contributed by atoms with Crippen LogP contribution < -0.4 is 5.43 Å². The predicted molar refractivity (Wildman–Crippen MR) is 71.4 cm³/mol. The van der Waals surface area contributed by atoms with Gasteiger partial charge in [-0.15, -0.1) is 0 Å². The molecular formula is C13H17F3N2O4. The molecule has 0 fully saturated rings. The summed E-state index contributed by atoms with van der Waals surface area (Å²) in [7, 11) is 0. The SMILES string of the molecule is CC(Cc1ccc(C(F)(F)F)cc1)[N+]([O-])(NCCO)C(=O)O. The Bertz CT molecular complexity index is 507. The molecule has 2 unspecified atom stereocenters. The standard InChI is InChI=1S/C13H17F3N2O4/c1-9(18(22,12(20)21)17-6-7-19)8-10-2-4-11(5-3-10)13(14,15)16/h2-5,9,17,19H,6-8H2,1H3,(H,20,21). The lowest BCUT2D eigenvalue weighted by Gasteiger charge is -2.40. The summed E-state index contributed by atoms with van der Waals surface area (Å²) < 4.78 is 35.6. The van der Waals surface area contributed by atoms with Crippen LogP contribution in [-0.4, -0.2) is 40.3 Å². The van der Waals surface area contributed by atoms with Crippen molar-refractivity contribution in [2.75, 3.05) is 13.2 Å².